The zero-order valence-corrected chi connectivity index (χ0v) is 22.6. The van der Waals surface area contributed by atoms with Gasteiger partial charge in [-0.1, -0.05) is 39.5 Å². The molecule has 1 aromatic carbocycles. The van der Waals surface area contributed by atoms with Gasteiger partial charge in [0.25, 0.3) is 5.91 Å². The number of carbonyl (C=O) groups is 2. The largest absolute Gasteiger partial charge is 0.382 e. The highest BCUT2D eigenvalue weighted by Crippen LogP contribution is 2.36. The van der Waals surface area contributed by atoms with E-state index in [-0.39, 0.29) is 23.3 Å². The zero-order chi connectivity index (χ0) is 27.0. The van der Waals surface area contributed by atoms with Crippen LogP contribution in [0.4, 0.5) is 10.9 Å². The second-order valence-electron chi connectivity index (χ2n) is 10.4. The Hall–Kier alpha value is -4.05. The summed E-state index contributed by atoms with van der Waals surface area (Å²) in [6.45, 7) is 10.6. The molecule has 1 saturated heterocycles. The van der Waals surface area contributed by atoms with Gasteiger partial charge in [0.15, 0.2) is 5.13 Å². The predicted octanol–water partition coefficient (Wildman–Crippen LogP) is 5.22. The molecule has 1 atom stereocenters. The first-order valence-electron chi connectivity index (χ1n) is 12.6. The topological polar surface area (TPSA) is 119 Å². The van der Waals surface area contributed by atoms with E-state index in [1.165, 1.54) is 17.4 Å². The molecular formula is C28H31N7O2S. The number of fused-ring (bicyclic) bond motifs is 1. The number of rotatable bonds is 5. The molecule has 5 rings (SSSR count). The lowest BCUT2D eigenvalue weighted by Gasteiger charge is -2.34. The number of thiazole rings is 1. The standard InChI is InChI=1S/C28H31N7O2S/c1-5-21(36)34-13-7-6-11-19(34)25-32-22(23-24(29)30-12-14-35(23)25)17-9-8-10-18(15-17)26(37)33-27-31-20(16-38-27)28(2,3)4/h5,8-10,12,14-16,19H,1,6-7,11,13H2,2-4H3,(H2,29,30)(H,31,33,37)/t19-/m0/s1. The van der Waals surface area contributed by atoms with E-state index in [2.05, 4.69) is 42.6 Å². The molecule has 196 valence electrons. The van der Waals surface area contributed by atoms with Crippen LogP contribution in [0.3, 0.4) is 0 Å². The van der Waals surface area contributed by atoms with Gasteiger partial charge in [0.2, 0.25) is 5.91 Å². The number of amides is 2. The molecule has 38 heavy (non-hydrogen) atoms. The minimum absolute atomic E-state index is 0.0998. The lowest BCUT2D eigenvalue weighted by atomic mass is 9.93. The van der Waals surface area contributed by atoms with Crippen LogP contribution >= 0.6 is 11.3 Å². The molecule has 10 heteroatoms. The number of imidazole rings is 1. The van der Waals surface area contributed by atoms with E-state index < -0.39 is 0 Å². The van der Waals surface area contributed by atoms with E-state index in [4.69, 9.17) is 10.7 Å². The number of benzene rings is 1. The van der Waals surface area contributed by atoms with E-state index >= 15 is 0 Å². The van der Waals surface area contributed by atoms with Crippen molar-refractivity contribution in [2.45, 2.75) is 51.5 Å². The van der Waals surface area contributed by atoms with Crippen molar-refractivity contribution in [2.75, 3.05) is 17.6 Å². The fourth-order valence-electron chi connectivity index (χ4n) is 4.76. The lowest BCUT2D eigenvalue weighted by molar-refractivity contribution is -0.129. The fraction of sp³-hybridized carbons (Fsp3) is 0.321. The van der Waals surface area contributed by atoms with Gasteiger partial charge in [0, 0.05) is 40.9 Å². The summed E-state index contributed by atoms with van der Waals surface area (Å²) in [5.74, 6) is 0.661. The number of nitrogen functional groups attached to an aromatic ring is 1. The molecule has 3 N–H and O–H groups in total. The van der Waals surface area contributed by atoms with Crippen molar-refractivity contribution in [3.05, 3.63) is 71.8 Å². The summed E-state index contributed by atoms with van der Waals surface area (Å²) in [4.78, 5) is 41.4. The summed E-state index contributed by atoms with van der Waals surface area (Å²) in [6.07, 6.45) is 7.49. The Balaban J connectivity index is 1.52. The van der Waals surface area contributed by atoms with Gasteiger partial charge in [-0.25, -0.2) is 15.0 Å². The molecular weight excluding hydrogens is 498 g/mol. The van der Waals surface area contributed by atoms with Crippen LogP contribution in [0.5, 0.6) is 0 Å². The normalized spacial score (nSPS) is 16.0. The third kappa shape index (κ3) is 4.79. The Bertz CT molecular complexity index is 1530. The van der Waals surface area contributed by atoms with Crippen LogP contribution in [0.25, 0.3) is 16.8 Å². The number of carbonyl (C=O) groups excluding carboxylic acids is 2. The summed E-state index contributed by atoms with van der Waals surface area (Å²) < 4.78 is 1.91. The molecule has 4 aromatic rings. The maximum atomic E-state index is 13.1. The van der Waals surface area contributed by atoms with Crippen molar-refractivity contribution in [3.8, 4) is 11.3 Å². The van der Waals surface area contributed by atoms with Crippen molar-refractivity contribution in [1.29, 1.82) is 0 Å². The zero-order valence-electron chi connectivity index (χ0n) is 21.8. The number of nitrogens with one attached hydrogen (secondary N) is 1. The number of hydrogen-bond donors (Lipinski definition) is 2. The quantitative estimate of drug-likeness (QED) is 0.342. The Morgan fingerprint density at radius 3 is 2.79 bits per heavy atom. The molecule has 0 spiro atoms. The molecule has 0 unspecified atom stereocenters. The van der Waals surface area contributed by atoms with Gasteiger partial charge < -0.3 is 10.6 Å². The van der Waals surface area contributed by atoms with E-state index in [9.17, 15) is 9.59 Å². The van der Waals surface area contributed by atoms with Gasteiger partial charge in [0.05, 0.1) is 11.7 Å². The molecule has 2 amide bonds. The molecule has 0 radical (unpaired) electrons. The van der Waals surface area contributed by atoms with Gasteiger partial charge in [-0.2, -0.15) is 0 Å². The average Bonchev–Trinajstić information content (AvgIpc) is 3.54. The Kier molecular flexibility index (Phi) is 6.75. The second kappa shape index (κ2) is 10.0. The van der Waals surface area contributed by atoms with Crippen LogP contribution in [-0.4, -0.2) is 42.6 Å². The van der Waals surface area contributed by atoms with E-state index in [0.717, 1.165) is 30.5 Å². The summed E-state index contributed by atoms with van der Waals surface area (Å²) in [7, 11) is 0. The summed E-state index contributed by atoms with van der Waals surface area (Å²) in [5.41, 5.74) is 9.63. The Morgan fingerprint density at radius 2 is 2.05 bits per heavy atom. The maximum absolute atomic E-state index is 13.1. The molecule has 1 fully saturated rings. The minimum atomic E-state index is -0.258. The van der Waals surface area contributed by atoms with Crippen molar-refractivity contribution in [2.24, 2.45) is 0 Å². The summed E-state index contributed by atoms with van der Waals surface area (Å²) >= 11 is 1.40. The van der Waals surface area contributed by atoms with Crippen molar-refractivity contribution < 1.29 is 9.59 Å². The first kappa shape index (κ1) is 25.6. The molecule has 1 aliphatic rings. The molecule has 0 bridgehead atoms. The van der Waals surface area contributed by atoms with Crippen molar-refractivity contribution >= 4 is 39.6 Å². The van der Waals surface area contributed by atoms with E-state index in [0.29, 0.717) is 40.1 Å². The SMILES string of the molecule is C=CC(=O)N1CCCC[C@H]1c1nc(-c2cccc(C(=O)Nc3nc(C(C)(C)C)cs3)c2)c2c(N)nccn12. The number of piperidine rings is 1. The number of nitrogens with two attached hydrogens (primary N) is 1. The number of nitrogens with zero attached hydrogens (tertiary/aromatic N) is 5. The number of likely N-dealkylation sites (tertiary alicyclic amines) is 1. The predicted molar refractivity (Wildman–Crippen MR) is 150 cm³/mol. The third-order valence-corrected chi connectivity index (χ3v) is 7.52. The Labute approximate surface area is 225 Å². The minimum Gasteiger partial charge on any atom is -0.382 e. The second-order valence-corrected chi connectivity index (χ2v) is 11.3. The van der Waals surface area contributed by atoms with Crippen LogP contribution in [0, 0.1) is 0 Å². The van der Waals surface area contributed by atoms with Gasteiger partial charge in [-0.15, -0.1) is 11.3 Å². The van der Waals surface area contributed by atoms with E-state index in [1.54, 1.807) is 18.3 Å². The van der Waals surface area contributed by atoms with E-state index in [1.807, 2.05) is 33.0 Å². The van der Waals surface area contributed by atoms with Gasteiger partial charge in [-0.05, 0) is 37.5 Å². The van der Waals surface area contributed by atoms with Crippen molar-refractivity contribution in [3.63, 3.8) is 0 Å². The number of hydrogen-bond acceptors (Lipinski definition) is 7. The highest BCUT2D eigenvalue weighted by Gasteiger charge is 2.31. The van der Waals surface area contributed by atoms with Gasteiger partial charge >= 0.3 is 0 Å². The number of anilines is 2. The van der Waals surface area contributed by atoms with Gasteiger partial charge in [-0.3, -0.25) is 19.3 Å². The maximum Gasteiger partial charge on any atom is 0.257 e. The van der Waals surface area contributed by atoms with Crippen molar-refractivity contribution in [1.82, 2.24) is 24.3 Å². The average molecular weight is 530 g/mol. The van der Waals surface area contributed by atoms with Gasteiger partial charge in [0.1, 0.15) is 22.9 Å². The molecule has 4 heterocycles. The van der Waals surface area contributed by atoms with Crippen LogP contribution < -0.4 is 11.1 Å². The molecule has 3 aromatic heterocycles. The molecule has 0 aliphatic carbocycles. The monoisotopic (exact) mass is 529 g/mol. The number of aromatic nitrogens is 4. The van der Waals surface area contributed by atoms with Crippen LogP contribution in [0.1, 0.15) is 68.0 Å². The molecule has 0 saturated carbocycles. The highest BCUT2D eigenvalue weighted by molar-refractivity contribution is 7.14. The highest BCUT2D eigenvalue weighted by atomic mass is 32.1. The first-order chi connectivity index (χ1) is 18.2. The van der Waals surface area contributed by atoms with Crippen LogP contribution in [-0.2, 0) is 10.2 Å². The smallest absolute Gasteiger partial charge is 0.257 e. The molecule has 1 aliphatic heterocycles. The molecule has 9 nitrogen and oxygen atoms in total. The fourth-order valence-corrected chi connectivity index (χ4v) is 5.69. The van der Waals surface area contributed by atoms with Crippen LogP contribution in [0.2, 0.25) is 0 Å². The lowest BCUT2D eigenvalue weighted by Crippen LogP contribution is -2.38. The summed E-state index contributed by atoms with van der Waals surface area (Å²) in [5, 5.41) is 5.43. The van der Waals surface area contributed by atoms with Crippen LogP contribution in [0.15, 0.2) is 54.7 Å². The Morgan fingerprint density at radius 1 is 1.24 bits per heavy atom. The first-order valence-corrected chi connectivity index (χ1v) is 13.5. The summed E-state index contributed by atoms with van der Waals surface area (Å²) in [6, 6.07) is 7.04. The third-order valence-electron chi connectivity index (χ3n) is 6.76.